The molecule has 3 aromatic rings. The molecule has 282 valence electrons. The van der Waals surface area contributed by atoms with Gasteiger partial charge in [0.25, 0.3) is 5.91 Å². The van der Waals surface area contributed by atoms with Crippen molar-refractivity contribution < 1.29 is 43.9 Å². The maximum atomic E-state index is 13.6. The van der Waals surface area contributed by atoms with Crippen LogP contribution in [0.5, 0.6) is 17.2 Å². The lowest BCUT2D eigenvalue weighted by Crippen LogP contribution is -2.45. The fourth-order valence-corrected chi connectivity index (χ4v) is 6.25. The van der Waals surface area contributed by atoms with E-state index >= 15 is 0 Å². The van der Waals surface area contributed by atoms with Crippen molar-refractivity contribution in [3.63, 3.8) is 0 Å². The van der Waals surface area contributed by atoms with Crippen LogP contribution in [0.4, 0.5) is 11.4 Å². The second-order valence-electron chi connectivity index (χ2n) is 12.0. The third-order valence-corrected chi connectivity index (χ3v) is 9.11. The highest BCUT2D eigenvalue weighted by atomic mass is 35.5. The summed E-state index contributed by atoms with van der Waals surface area (Å²) in [5, 5.41) is 36.3. The van der Waals surface area contributed by atoms with Crippen LogP contribution < -0.4 is 30.3 Å². The molecule has 6 N–H and O–H groups in total. The highest BCUT2D eigenvalue weighted by Crippen LogP contribution is 2.38. The number of carbonyl (C=O) groups is 3. The predicted molar refractivity (Wildman–Crippen MR) is 203 cm³/mol. The Morgan fingerprint density at radius 2 is 1.57 bits per heavy atom. The summed E-state index contributed by atoms with van der Waals surface area (Å²) in [6.07, 6.45) is 7.69. The molecular weight excluding hydrogens is 727 g/mol. The molecule has 0 spiro atoms. The number of nitrogen functional groups attached to an aromatic ring is 1. The van der Waals surface area contributed by atoms with Gasteiger partial charge in [-0.2, -0.15) is 5.10 Å². The second-order valence-corrected chi connectivity index (χ2v) is 12.9. The maximum Gasteiger partial charge on any atom is 0.328 e. The lowest BCUT2D eigenvalue weighted by molar-refractivity contribution is -0.134. The Balaban J connectivity index is 0.000000703. The van der Waals surface area contributed by atoms with Crippen LogP contribution in [0, 0.1) is 11.8 Å². The Morgan fingerprint density at radius 1 is 0.943 bits per heavy atom. The predicted octanol–water partition coefficient (Wildman–Crippen LogP) is 6.12. The number of aliphatic hydroxyl groups excluding tert-OH is 1. The monoisotopic (exact) mass is 768 g/mol. The number of allylic oxidation sites excluding steroid dienone is 2. The quantitative estimate of drug-likeness (QED) is 0.0518. The van der Waals surface area contributed by atoms with Gasteiger partial charge < -0.3 is 40.6 Å². The summed E-state index contributed by atoms with van der Waals surface area (Å²) >= 11 is 12.1. The number of carbonyl (C=O) groups excluding carboxylic acids is 1. The van der Waals surface area contributed by atoms with Gasteiger partial charge in [0.1, 0.15) is 5.75 Å². The smallest absolute Gasteiger partial charge is 0.328 e. The number of amides is 1. The molecule has 0 bridgehead atoms. The SMILES string of the molecule is COc1ccc(C2=NN(c3ccc(OCCCCNCC(O)c4cc(Cl)c(N)c(Cl)c4)cc3)C(=O)[C@@H]3CC=CC[C@H]23)cc1OC.O=C(O)/C=C/C(=O)O. The summed E-state index contributed by atoms with van der Waals surface area (Å²) in [4.78, 5) is 32.7. The average Bonchev–Trinajstić information content (AvgIpc) is 3.16. The zero-order valence-electron chi connectivity index (χ0n) is 29.2. The third-order valence-electron chi connectivity index (χ3n) is 8.49. The molecule has 13 nitrogen and oxygen atoms in total. The Kier molecular flexibility index (Phi) is 15.1. The van der Waals surface area contributed by atoms with E-state index in [-0.39, 0.29) is 17.7 Å². The number of aliphatic carboxylic acids is 2. The number of aliphatic hydroxyl groups is 1. The molecule has 1 aliphatic heterocycles. The normalized spacial score (nSPS) is 17.0. The number of nitrogens with one attached hydrogen (secondary N) is 1. The number of hydrogen-bond acceptors (Lipinski definition) is 10. The molecule has 15 heteroatoms. The highest BCUT2D eigenvalue weighted by molar-refractivity contribution is 6.38. The van der Waals surface area contributed by atoms with Gasteiger partial charge in [0.05, 0.1) is 60.0 Å². The number of nitrogens with two attached hydrogens (primary N) is 1. The van der Waals surface area contributed by atoms with Gasteiger partial charge in [-0.15, -0.1) is 0 Å². The van der Waals surface area contributed by atoms with Gasteiger partial charge >= 0.3 is 11.9 Å². The number of unbranched alkanes of at least 4 members (excludes halogenated alkanes) is 1. The zero-order valence-corrected chi connectivity index (χ0v) is 30.7. The lowest BCUT2D eigenvalue weighted by atomic mass is 9.76. The Bertz CT molecular complexity index is 1810. The van der Waals surface area contributed by atoms with E-state index in [9.17, 15) is 19.5 Å². The molecule has 3 atom stereocenters. The number of fused-ring (bicyclic) bond motifs is 1. The summed E-state index contributed by atoms with van der Waals surface area (Å²) < 4.78 is 16.9. The molecule has 0 saturated heterocycles. The first-order chi connectivity index (χ1) is 25.4. The lowest BCUT2D eigenvalue weighted by Gasteiger charge is -2.37. The minimum absolute atomic E-state index is 0.00749. The molecule has 0 fully saturated rings. The molecule has 0 radical (unpaired) electrons. The van der Waals surface area contributed by atoms with Crippen LogP contribution >= 0.6 is 23.2 Å². The minimum atomic E-state index is -1.26. The number of rotatable bonds is 15. The van der Waals surface area contributed by atoms with Crippen LogP contribution in [0.15, 0.2) is 84.0 Å². The van der Waals surface area contributed by atoms with Crippen molar-refractivity contribution >= 4 is 58.1 Å². The van der Waals surface area contributed by atoms with Crippen molar-refractivity contribution in [1.82, 2.24) is 5.32 Å². The van der Waals surface area contributed by atoms with Gasteiger partial charge in [-0.3, -0.25) is 4.79 Å². The fraction of sp³-hybridized carbons (Fsp3) is 0.316. The van der Waals surface area contributed by atoms with Gasteiger partial charge in [-0.1, -0.05) is 35.4 Å². The largest absolute Gasteiger partial charge is 0.494 e. The van der Waals surface area contributed by atoms with Gasteiger partial charge in [0.2, 0.25) is 0 Å². The molecule has 1 unspecified atom stereocenters. The number of nitrogens with zero attached hydrogens (tertiary/aromatic N) is 2. The molecule has 0 aromatic heterocycles. The molecule has 53 heavy (non-hydrogen) atoms. The van der Waals surface area contributed by atoms with Crippen LogP contribution in [0.25, 0.3) is 0 Å². The number of halogens is 2. The van der Waals surface area contributed by atoms with Gasteiger partial charge in [-0.05, 0) is 92.4 Å². The van der Waals surface area contributed by atoms with Crippen molar-refractivity contribution in [1.29, 1.82) is 0 Å². The van der Waals surface area contributed by atoms with Gasteiger partial charge in [0, 0.05) is 30.2 Å². The van der Waals surface area contributed by atoms with E-state index in [1.165, 1.54) is 5.01 Å². The van der Waals surface area contributed by atoms with Crippen molar-refractivity contribution in [3.8, 4) is 17.2 Å². The number of anilines is 2. The van der Waals surface area contributed by atoms with Crippen molar-refractivity contribution in [2.45, 2.75) is 31.8 Å². The number of benzene rings is 3. The van der Waals surface area contributed by atoms with E-state index in [1.54, 1.807) is 26.4 Å². The van der Waals surface area contributed by atoms with E-state index in [2.05, 4.69) is 17.5 Å². The van der Waals surface area contributed by atoms with E-state index in [0.717, 1.165) is 30.5 Å². The Morgan fingerprint density at radius 3 is 2.17 bits per heavy atom. The van der Waals surface area contributed by atoms with Crippen LogP contribution in [-0.4, -0.2) is 72.8 Å². The first-order valence-corrected chi connectivity index (χ1v) is 17.5. The van der Waals surface area contributed by atoms with E-state index in [1.807, 2.05) is 42.5 Å². The first-order valence-electron chi connectivity index (χ1n) is 16.7. The summed E-state index contributed by atoms with van der Waals surface area (Å²) in [7, 11) is 3.21. The summed E-state index contributed by atoms with van der Waals surface area (Å²) in [5.41, 5.74) is 9.13. The molecule has 3 aromatic carbocycles. The standard InChI is InChI=1S/C34H38Cl2N4O5.C4H4O4/c1-43-30-14-9-21(19-31(30)44-2)33-25-7-3-4-8-26(25)34(42)40(39-33)23-10-12-24(13-11-23)45-16-6-5-15-38-20-29(41)22-17-27(35)32(37)28(36)18-22;5-3(6)1-2-4(7)8/h3-4,9-14,17-19,25-26,29,38,41H,5-8,15-16,20,37H2,1-2H3;1-2H,(H,5,6)(H,7,8)/b;2-1+/t25-,26+,29?;/m0./s1. The van der Waals surface area contributed by atoms with E-state index in [0.29, 0.717) is 82.5 Å². The van der Waals surface area contributed by atoms with Crippen molar-refractivity contribution in [2.24, 2.45) is 16.9 Å². The van der Waals surface area contributed by atoms with Crippen LogP contribution in [-0.2, 0) is 14.4 Å². The molecule has 1 amide bonds. The summed E-state index contributed by atoms with van der Waals surface area (Å²) in [6.45, 7) is 1.61. The van der Waals surface area contributed by atoms with Gasteiger partial charge in [0.15, 0.2) is 11.5 Å². The molecule has 1 aliphatic carbocycles. The van der Waals surface area contributed by atoms with E-state index < -0.39 is 18.0 Å². The number of hydrogen-bond donors (Lipinski definition) is 5. The average molecular weight is 770 g/mol. The maximum absolute atomic E-state index is 13.6. The van der Waals surface area contributed by atoms with Crippen LogP contribution in [0.3, 0.4) is 0 Å². The summed E-state index contributed by atoms with van der Waals surface area (Å²) in [6, 6.07) is 16.4. The molecule has 2 aliphatic rings. The fourth-order valence-electron chi connectivity index (χ4n) is 5.75. The van der Waals surface area contributed by atoms with Crippen molar-refractivity contribution in [2.75, 3.05) is 44.7 Å². The minimum Gasteiger partial charge on any atom is -0.494 e. The van der Waals surface area contributed by atoms with Gasteiger partial charge in [-0.25, -0.2) is 14.6 Å². The molecular formula is C38H42Cl2N4O9. The molecule has 1 heterocycles. The van der Waals surface area contributed by atoms with Crippen molar-refractivity contribution in [3.05, 3.63) is 100 Å². The molecule has 5 rings (SSSR count). The van der Waals surface area contributed by atoms with E-state index in [4.69, 9.17) is 58.5 Å². The Labute approximate surface area is 317 Å². The molecule has 0 saturated carbocycles. The highest BCUT2D eigenvalue weighted by Gasteiger charge is 2.40. The first kappa shape index (κ1) is 40.7. The number of methoxy groups -OCH3 is 2. The number of ether oxygens (including phenoxy) is 3. The third kappa shape index (κ3) is 11.2. The number of hydrazone groups is 1. The zero-order chi connectivity index (χ0) is 38.5. The topological polar surface area (TPSA) is 193 Å². The van der Waals surface area contributed by atoms with Crippen LogP contribution in [0.1, 0.15) is 42.9 Å². The summed E-state index contributed by atoms with van der Waals surface area (Å²) in [5.74, 6) is -0.751. The Hall–Kier alpha value is -5.08. The number of carboxylic acids is 2. The number of carboxylic acid groups (broad SMARTS) is 2. The van der Waals surface area contributed by atoms with Crippen LogP contribution in [0.2, 0.25) is 10.0 Å². The second kappa shape index (κ2) is 19.7.